The van der Waals surface area contributed by atoms with Crippen molar-refractivity contribution in [3.63, 3.8) is 0 Å². The number of hydrazine groups is 1. The van der Waals surface area contributed by atoms with E-state index in [9.17, 15) is 4.79 Å². The number of rotatable bonds is 3. The lowest BCUT2D eigenvalue weighted by atomic mass is 10.2. The summed E-state index contributed by atoms with van der Waals surface area (Å²) in [6.07, 6.45) is 0. The predicted octanol–water partition coefficient (Wildman–Crippen LogP) is 0.723. The Morgan fingerprint density at radius 2 is 1.94 bits per heavy atom. The summed E-state index contributed by atoms with van der Waals surface area (Å²) in [5.74, 6) is 6.20. The highest BCUT2D eigenvalue weighted by Crippen LogP contribution is 2.30. The molecule has 2 amide bonds. The van der Waals surface area contributed by atoms with Crippen molar-refractivity contribution < 1.29 is 14.3 Å². The number of hydrogen-bond donors (Lipinski definition) is 2. The number of carbonyl (C=O) groups excluding carboxylic acids is 1. The molecule has 0 aliphatic heterocycles. The van der Waals surface area contributed by atoms with Gasteiger partial charge in [0.1, 0.15) is 0 Å². The van der Waals surface area contributed by atoms with E-state index in [4.69, 9.17) is 15.3 Å². The number of nitrogens with zero attached hydrogens (tertiary/aromatic N) is 1. The van der Waals surface area contributed by atoms with Crippen LogP contribution < -0.4 is 25.6 Å². The van der Waals surface area contributed by atoms with E-state index in [1.807, 2.05) is 5.43 Å². The highest BCUT2D eigenvalue weighted by atomic mass is 16.5. The first kappa shape index (κ1) is 12.1. The van der Waals surface area contributed by atoms with Gasteiger partial charge in [0.2, 0.25) is 0 Å². The summed E-state index contributed by atoms with van der Waals surface area (Å²) in [6.45, 7) is 0. The number of amides is 2. The summed E-state index contributed by atoms with van der Waals surface area (Å²) < 4.78 is 10.2. The number of hydrogen-bond acceptors (Lipinski definition) is 4. The Bertz CT molecular complexity index is 382. The molecule has 1 rings (SSSR count). The first-order valence-electron chi connectivity index (χ1n) is 4.60. The Kier molecular flexibility index (Phi) is 3.96. The van der Waals surface area contributed by atoms with E-state index in [1.165, 1.54) is 12.0 Å². The van der Waals surface area contributed by atoms with Crippen LogP contribution in [0.1, 0.15) is 0 Å². The molecule has 0 heterocycles. The van der Waals surface area contributed by atoms with E-state index >= 15 is 0 Å². The zero-order valence-electron chi connectivity index (χ0n) is 9.48. The fourth-order valence-corrected chi connectivity index (χ4v) is 1.25. The van der Waals surface area contributed by atoms with Crippen LogP contribution in [-0.2, 0) is 0 Å². The van der Waals surface area contributed by atoms with E-state index in [2.05, 4.69) is 0 Å². The second-order valence-electron chi connectivity index (χ2n) is 3.05. The highest BCUT2D eigenvalue weighted by Gasteiger charge is 2.12. The maximum absolute atomic E-state index is 11.3. The summed E-state index contributed by atoms with van der Waals surface area (Å²) in [6, 6.07) is 4.73. The summed E-state index contributed by atoms with van der Waals surface area (Å²) in [7, 11) is 4.68. The molecule has 6 heteroatoms. The molecule has 0 aliphatic carbocycles. The molecule has 0 aromatic heterocycles. The summed E-state index contributed by atoms with van der Waals surface area (Å²) >= 11 is 0. The molecule has 16 heavy (non-hydrogen) atoms. The van der Waals surface area contributed by atoms with Gasteiger partial charge >= 0.3 is 6.03 Å². The van der Waals surface area contributed by atoms with Gasteiger partial charge in [-0.05, 0) is 12.1 Å². The lowest BCUT2D eigenvalue weighted by Crippen LogP contribution is -2.41. The number of anilines is 1. The number of nitrogens with one attached hydrogen (secondary N) is 1. The van der Waals surface area contributed by atoms with Gasteiger partial charge in [-0.2, -0.15) is 0 Å². The fraction of sp³-hybridized carbons (Fsp3) is 0.300. The normalized spacial score (nSPS) is 9.50. The first-order valence-corrected chi connectivity index (χ1v) is 4.60. The number of nitrogens with two attached hydrogens (primary N) is 1. The van der Waals surface area contributed by atoms with E-state index < -0.39 is 6.03 Å². The molecule has 0 saturated carbocycles. The van der Waals surface area contributed by atoms with Gasteiger partial charge in [-0.1, -0.05) is 0 Å². The smallest absolute Gasteiger partial charge is 0.335 e. The van der Waals surface area contributed by atoms with Crippen molar-refractivity contribution in [3.05, 3.63) is 18.2 Å². The quantitative estimate of drug-likeness (QED) is 0.451. The van der Waals surface area contributed by atoms with Crippen LogP contribution in [0.3, 0.4) is 0 Å². The molecule has 0 radical (unpaired) electrons. The number of methoxy groups -OCH3 is 2. The SMILES string of the molecule is COc1ccc(N(C)C(=O)NN)cc1OC. The largest absolute Gasteiger partial charge is 0.493 e. The number of benzene rings is 1. The van der Waals surface area contributed by atoms with Crippen molar-refractivity contribution in [2.75, 3.05) is 26.2 Å². The predicted molar refractivity (Wildman–Crippen MR) is 60.7 cm³/mol. The number of carbonyl (C=O) groups is 1. The first-order chi connectivity index (χ1) is 7.63. The zero-order chi connectivity index (χ0) is 12.1. The van der Waals surface area contributed by atoms with Gasteiger partial charge in [0.25, 0.3) is 0 Å². The van der Waals surface area contributed by atoms with Crippen LogP contribution >= 0.6 is 0 Å². The molecule has 0 saturated heterocycles. The molecule has 0 aliphatic rings. The lowest BCUT2D eigenvalue weighted by molar-refractivity contribution is 0.247. The van der Waals surface area contributed by atoms with Crippen molar-refractivity contribution in [2.24, 2.45) is 5.84 Å². The van der Waals surface area contributed by atoms with Crippen LogP contribution in [-0.4, -0.2) is 27.3 Å². The highest BCUT2D eigenvalue weighted by molar-refractivity contribution is 5.91. The van der Waals surface area contributed by atoms with Crippen LogP contribution in [0, 0.1) is 0 Å². The van der Waals surface area contributed by atoms with E-state index in [0.29, 0.717) is 17.2 Å². The molecule has 0 fully saturated rings. The number of urea groups is 1. The average Bonchev–Trinajstić information content (AvgIpc) is 2.35. The van der Waals surface area contributed by atoms with Gasteiger partial charge in [-0.15, -0.1) is 0 Å². The van der Waals surface area contributed by atoms with Gasteiger partial charge in [0.15, 0.2) is 11.5 Å². The van der Waals surface area contributed by atoms with Gasteiger partial charge in [-0.3, -0.25) is 10.3 Å². The van der Waals surface area contributed by atoms with Gasteiger partial charge in [0, 0.05) is 18.8 Å². The van der Waals surface area contributed by atoms with E-state index in [-0.39, 0.29) is 0 Å². The standard InChI is InChI=1S/C10H15N3O3/c1-13(10(14)12-11)7-4-5-8(15-2)9(6-7)16-3/h4-6H,11H2,1-3H3,(H,12,14). The Hall–Kier alpha value is -1.95. The van der Waals surface area contributed by atoms with E-state index in [1.54, 1.807) is 32.4 Å². The van der Waals surface area contributed by atoms with Crippen LogP contribution in [0.2, 0.25) is 0 Å². The van der Waals surface area contributed by atoms with Crippen LogP contribution in [0.25, 0.3) is 0 Å². The minimum absolute atomic E-state index is 0.410. The third-order valence-electron chi connectivity index (χ3n) is 2.18. The van der Waals surface area contributed by atoms with Gasteiger partial charge in [-0.25, -0.2) is 10.6 Å². The summed E-state index contributed by atoms with van der Waals surface area (Å²) in [5, 5.41) is 0. The molecule has 0 spiro atoms. The van der Waals surface area contributed by atoms with Crippen molar-refractivity contribution in [1.29, 1.82) is 0 Å². The fourth-order valence-electron chi connectivity index (χ4n) is 1.25. The maximum atomic E-state index is 11.3. The third-order valence-corrected chi connectivity index (χ3v) is 2.18. The molecular weight excluding hydrogens is 210 g/mol. The Balaban J connectivity index is 3.03. The number of ether oxygens (including phenoxy) is 2. The maximum Gasteiger partial charge on any atom is 0.335 e. The second kappa shape index (κ2) is 5.22. The van der Waals surface area contributed by atoms with Gasteiger partial charge in [0.05, 0.1) is 14.2 Å². The van der Waals surface area contributed by atoms with Crippen molar-refractivity contribution in [2.45, 2.75) is 0 Å². The minimum Gasteiger partial charge on any atom is -0.493 e. The van der Waals surface area contributed by atoms with Crippen molar-refractivity contribution >= 4 is 11.7 Å². The second-order valence-corrected chi connectivity index (χ2v) is 3.05. The van der Waals surface area contributed by atoms with Crippen LogP contribution in [0.5, 0.6) is 11.5 Å². The molecule has 1 aromatic rings. The molecule has 0 unspecified atom stereocenters. The molecular formula is C10H15N3O3. The van der Waals surface area contributed by atoms with E-state index in [0.717, 1.165) is 0 Å². The van der Waals surface area contributed by atoms with Crippen molar-refractivity contribution in [1.82, 2.24) is 5.43 Å². The molecule has 0 bridgehead atoms. The summed E-state index contributed by atoms with van der Waals surface area (Å²) in [5.41, 5.74) is 2.70. The van der Waals surface area contributed by atoms with Gasteiger partial charge < -0.3 is 9.47 Å². The Morgan fingerprint density at radius 1 is 1.31 bits per heavy atom. The Morgan fingerprint density at radius 3 is 2.44 bits per heavy atom. The zero-order valence-corrected chi connectivity index (χ0v) is 9.48. The molecule has 0 atom stereocenters. The molecule has 1 aromatic carbocycles. The average molecular weight is 225 g/mol. The third kappa shape index (κ3) is 2.34. The van der Waals surface area contributed by atoms with Crippen molar-refractivity contribution in [3.8, 4) is 11.5 Å². The Labute approximate surface area is 93.9 Å². The monoisotopic (exact) mass is 225 g/mol. The molecule has 6 nitrogen and oxygen atoms in total. The molecule has 3 N–H and O–H groups in total. The van der Waals surface area contributed by atoms with Crippen LogP contribution in [0.4, 0.5) is 10.5 Å². The lowest BCUT2D eigenvalue weighted by Gasteiger charge is -2.18. The summed E-state index contributed by atoms with van der Waals surface area (Å²) in [4.78, 5) is 12.6. The molecule has 88 valence electrons. The topological polar surface area (TPSA) is 76.8 Å². The minimum atomic E-state index is -0.410. The van der Waals surface area contributed by atoms with Crippen LogP contribution in [0.15, 0.2) is 18.2 Å².